The monoisotopic (exact) mass is 181 g/mol. The molecule has 1 aromatic rings. The predicted octanol–water partition coefficient (Wildman–Crippen LogP) is 1.44. The molecule has 0 aromatic carbocycles. The Morgan fingerprint density at radius 3 is 2.62 bits per heavy atom. The van der Waals surface area contributed by atoms with Gasteiger partial charge in [-0.2, -0.15) is 0 Å². The lowest BCUT2D eigenvalue weighted by Gasteiger charge is -2.25. The maximum atomic E-state index is 5.80. The average Bonchev–Trinajstić information content (AvgIpc) is 2.32. The zero-order chi connectivity index (χ0) is 10.1. The average molecular weight is 181 g/mol. The number of nitrogens with zero attached hydrogens (tertiary/aromatic N) is 2. The molecule has 74 valence electrons. The summed E-state index contributed by atoms with van der Waals surface area (Å²) in [6, 6.07) is 0.215. The van der Waals surface area contributed by atoms with Crippen LogP contribution >= 0.6 is 0 Å². The Kier molecular flexibility index (Phi) is 2.76. The first kappa shape index (κ1) is 10.3. The van der Waals surface area contributed by atoms with E-state index in [2.05, 4.69) is 23.4 Å². The van der Waals surface area contributed by atoms with E-state index >= 15 is 0 Å². The van der Waals surface area contributed by atoms with E-state index in [9.17, 15) is 0 Å². The number of rotatable bonds is 3. The number of hydrogen-bond acceptors (Lipinski definition) is 2. The van der Waals surface area contributed by atoms with Gasteiger partial charge in [-0.15, -0.1) is 0 Å². The van der Waals surface area contributed by atoms with E-state index in [0.29, 0.717) is 0 Å². The molecule has 0 spiro atoms. The van der Waals surface area contributed by atoms with Crippen molar-refractivity contribution in [3.63, 3.8) is 0 Å². The van der Waals surface area contributed by atoms with Crippen LogP contribution in [0.5, 0.6) is 0 Å². The van der Waals surface area contributed by atoms with Crippen LogP contribution in [-0.2, 0) is 12.5 Å². The van der Waals surface area contributed by atoms with Crippen molar-refractivity contribution in [2.75, 3.05) is 0 Å². The minimum absolute atomic E-state index is 0.0619. The van der Waals surface area contributed by atoms with Gasteiger partial charge in [0.2, 0.25) is 0 Å². The number of imidazole rings is 1. The molecule has 1 rings (SSSR count). The Balaban J connectivity index is 2.87. The van der Waals surface area contributed by atoms with Gasteiger partial charge in [-0.1, -0.05) is 13.8 Å². The zero-order valence-electron chi connectivity index (χ0n) is 8.91. The van der Waals surface area contributed by atoms with Crippen LogP contribution in [0.4, 0.5) is 0 Å². The first-order chi connectivity index (χ1) is 5.93. The summed E-state index contributed by atoms with van der Waals surface area (Å²) < 4.78 is 2.06. The van der Waals surface area contributed by atoms with Crippen LogP contribution in [-0.4, -0.2) is 15.6 Å². The molecule has 0 aliphatic carbocycles. The SMILES string of the molecule is CC(N)CC(C)(C)c1nccn1C. The van der Waals surface area contributed by atoms with E-state index in [0.717, 1.165) is 12.2 Å². The lowest BCUT2D eigenvalue weighted by Crippen LogP contribution is -2.30. The van der Waals surface area contributed by atoms with Crippen LogP contribution in [0, 0.1) is 0 Å². The van der Waals surface area contributed by atoms with Crippen molar-refractivity contribution >= 4 is 0 Å². The summed E-state index contributed by atoms with van der Waals surface area (Å²) in [5.74, 6) is 1.10. The summed E-state index contributed by atoms with van der Waals surface area (Å²) in [5, 5.41) is 0. The van der Waals surface area contributed by atoms with E-state index in [-0.39, 0.29) is 11.5 Å². The van der Waals surface area contributed by atoms with Crippen LogP contribution in [0.25, 0.3) is 0 Å². The van der Waals surface area contributed by atoms with Gasteiger partial charge in [0.15, 0.2) is 0 Å². The van der Waals surface area contributed by atoms with Gasteiger partial charge in [0.05, 0.1) is 0 Å². The molecule has 0 bridgehead atoms. The third-order valence-electron chi connectivity index (χ3n) is 2.26. The second-order valence-electron chi connectivity index (χ2n) is 4.43. The van der Waals surface area contributed by atoms with Gasteiger partial charge in [0.25, 0.3) is 0 Å². The van der Waals surface area contributed by atoms with E-state index < -0.39 is 0 Å². The van der Waals surface area contributed by atoms with Crippen molar-refractivity contribution in [3.05, 3.63) is 18.2 Å². The van der Waals surface area contributed by atoms with Crippen LogP contribution in [0.1, 0.15) is 33.0 Å². The van der Waals surface area contributed by atoms with Crippen molar-refractivity contribution in [2.24, 2.45) is 12.8 Å². The fraction of sp³-hybridized carbons (Fsp3) is 0.700. The third-order valence-corrected chi connectivity index (χ3v) is 2.26. The molecule has 1 atom stereocenters. The van der Waals surface area contributed by atoms with Gasteiger partial charge in [0, 0.05) is 30.9 Å². The van der Waals surface area contributed by atoms with Crippen molar-refractivity contribution in [3.8, 4) is 0 Å². The minimum atomic E-state index is 0.0619. The highest BCUT2D eigenvalue weighted by molar-refractivity contribution is 5.06. The lowest BCUT2D eigenvalue weighted by molar-refractivity contribution is 0.404. The van der Waals surface area contributed by atoms with Crippen LogP contribution in [0.3, 0.4) is 0 Å². The van der Waals surface area contributed by atoms with Crippen molar-refractivity contribution in [1.29, 1.82) is 0 Å². The molecule has 3 heteroatoms. The van der Waals surface area contributed by atoms with Gasteiger partial charge in [0.1, 0.15) is 5.82 Å². The second kappa shape index (κ2) is 3.50. The van der Waals surface area contributed by atoms with Gasteiger partial charge >= 0.3 is 0 Å². The fourth-order valence-corrected chi connectivity index (χ4v) is 1.91. The summed E-state index contributed by atoms with van der Waals surface area (Å²) >= 11 is 0. The molecule has 0 aliphatic rings. The Hall–Kier alpha value is -0.830. The van der Waals surface area contributed by atoms with Gasteiger partial charge in [-0.05, 0) is 13.3 Å². The smallest absolute Gasteiger partial charge is 0.114 e. The fourth-order valence-electron chi connectivity index (χ4n) is 1.91. The van der Waals surface area contributed by atoms with Gasteiger partial charge in [-0.3, -0.25) is 0 Å². The molecular formula is C10H19N3. The zero-order valence-corrected chi connectivity index (χ0v) is 8.91. The summed E-state index contributed by atoms with van der Waals surface area (Å²) in [7, 11) is 2.02. The highest BCUT2D eigenvalue weighted by Crippen LogP contribution is 2.25. The molecule has 0 amide bonds. The Morgan fingerprint density at radius 2 is 2.23 bits per heavy atom. The van der Waals surface area contributed by atoms with Crippen molar-refractivity contribution in [2.45, 2.75) is 38.6 Å². The highest BCUT2D eigenvalue weighted by atomic mass is 15.0. The molecule has 0 saturated heterocycles. The maximum absolute atomic E-state index is 5.80. The summed E-state index contributed by atoms with van der Waals surface area (Å²) in [6.07, 6.45) is 4.76. The lowest BCUT2D eigenvalue weighted by atomic mass is 9.85. The summed E-state index contributed by atoms with van der Waals surface area (Å²) in [4.78, 5) is 4.35. The molecule has 1 aromatic heterocycles. The van der Waals surface area contributed by atoms with E-state index in [4.69, 9.17) is 5.73 Å². The predicted molar refractivity (Wildman–Crippen MR) is 54.5 cm³/mol. The topological polar surface area (TPSA) is 43.8 Å². The maximum Gasteiger partial charge on any atom is 0.114 e. The first-order valence-electron chi connectivity index (χ1n) is 4.67. The number of aryl methyl sites for hydroxylation is 1. The third kappa shape index (κ3) is 2.31. The normalized spacial score (nSPS) is 14.5. The van der Waals surface area contributed by atoms with Crippen LogP contribution in [0.15, 0.2) is 12.4 Å². The molecule has 13 heavy (non-hydrogen) atoms. The second-order valence-corrected chi connectivity index (χ2v) is 4.43. The summed E-state index contributed by atoms with van der Waals surface area (Å²) in [6.45, 7) is 6.39. The molecule has 2 N–H and O–H groups in total. The van der Waals surface area contributed by atoms with E-state index in [1.807, 2.05) is 26.4 Å². The van der Waals surface area contributed by atoms with Crippen molar-refractivity contribution < 1.29 is 0 Å². The molecule has 1 unspecified atom stereocenters. The highest BCUT2D eigenvalue weighted by Gasteiger charge is 2.25. The molecule has 0 saturated carbocycles. The quantitative estimate of drug-likeness (QED) is 0.766. The molecule has 0 aliphatic heterocycles. The Labute approximate surface area is 80.0 Å². The van der Waals surface area contributed by atoms with Gasteiger partial charge < -0.3 is 10.3 Å². The van der Waals surface area contributed by atoms with Gasteiger partial charge in [-0.25, -0.2) is 4.98 Å². The number of aromatic nitrogens is 2. The molecular weight excluding hydrogens is 162 g/mol. The van der Waals surface area contributed by atoms with E-state index in [1.165, 1.54) is 0 Å². The van der Waals surface area contributed by atoms with E-state index in [1.54, 1.807) is 0 Å². The molecule has 0 radical (unpaired) electrons. The summed E-state index contributed by atoms with van der Waals surface area (Å²) in [5.41, 5.74) is 5.86. The minimum Gasteiger partial charge on any atom is -0.338 e. The van der Waals surface area contributed by atoms with Crippen LogP contribution in [0.2, 0.25) is 0 Å². The number of nitrogens with two attached hydrogens (primary N) is 1. The Morgan fingerprint density at radius 1 is 1.62 bits per heavy atom. The molecule has 0 fully saturated rings. The first-order valence-corrected chi connectivity index (χ1v) is 4.67. The molecule has 1 heterocycles. The molecule has 3 nitrogen and oxygen atoms in total. The van der Waals surface area contributed by atoms with Crippen LogP contribution < -0.4 is 5.73 Å². The Bertz CT molecular complexity index is 273. The standard InChI is InChI=1S/C10H19N3/c1-8(11)7-10(2,3)9-12-5-6-13(9)4/h5-6,8H,7,11H2,1-4H3. The largest absolute Gasteiger partial charge is 0.338 e. The number of hydrogen-bond donors (Lipinski definition) is 1. The van der Waals surface area contributed by atoms with Crippen molar-refractivity contribution in [1.82, 2.24) is 9.55 Å².